The van der Waals surface area contributed by atoms with Gasteiger partial charge in [-0.05, 0) is 67.4 Å². The maximum absolute atomic E-state index is 13.5. The zero-order chi connectivity index (χ0) is 26.1. The fourth-order valence-electron chi connectivity index (χ4n) is 3.67. The maximum atomic E-state index is 13.5. The molecule has 0 heterocycles. The SMILES string of the molecule is CCOc1ccc(S(=O)(=O)N[C@@H](Cc2ccccc2)C(=O)Nc2ccccc2Oc2ccccc2)cc1. The number of ether oxygens (including phenoxy) is 2. The van der Waals surface area contributed by atoms with Crippen LogP contribution in [0.2, 0.25) is 0 Å². The molecule has 0 fully saturated rings. The van der Waals surface area contributed by atoms with Crippen molar-refractivity contribution in [2.75, 3.05) is 11.9 Å². The number of benzene rings is 4. The molecule has 4 aromatic carbocycles. The van der Waals surface area contributed by atoms with Crippen molar-refractivity contribution < 1.29 is 22.7 Å². The predicted molar refractivity (Wildman–Crippen MR) is 143 cm³/mol. The van der Waals surface area contributed by atoms with Gasteiger partial charge < -0.3 is 14.8 Å². The topological polar surface area (TPSA) is 93.7 Å². The highest BCUT2D eigenvalue weighted by atomic mass is 32.2. The maximum Gasteiger partial charge on any atom is 0.243 e. The molecule has 1 atom stereocenters. The molecular weight excluding hydrogens is 488 g/mol. The van der Waals surface area contributed by atoms with Gasteiger partial charge in [0.25, 0.3) is 0 Å². The van der Waals surface area contributed by atoms with Crippen molar-refractivity contribution in [3.05, 3.63) is 115 Å². The van der Waals surface area contributed by atoms with Gasteiger partial charge in [-0.3, -0.25) is 4.79 Å². The van der Waals surface area contributed by atoms with Crippen molar-refractivity contribution in [3.8, 4) is 17.2 Å². The zero-order valence-electron chi connectivity index (χ0n) is 20.3. The molecule has 8 heteroatoms. The summed E-state index contributed by atoms with van der Waals surface area (Å²) in [7, 11) is -4.00. The van der Waals surface area contributed by atoms with E-state index in [0.29, 0.717) is 29.5 Å². The average molecular weight is 517 g/mol. The quantitative estimate of drug-likeness (QED) is 0.278. The van der Waals surface area contributed by atoms with E-state index in [4.69, 9.17) is 9.47 Å². The van der Waals surface area contributed by atoms with E-state index in [9.17, 15) is 13.2 Å². The first-order valence-electron chi connectivity index (χ1n) is 11.9. The first-order chi connectivity index (χ1) is 17.9. The number of hydrogen-bond acceptors (Lipinski definition) is 5. The van der Waals surface area contributed by atoms with Crippen LogP contribution in [-0.4, -0.2) is 27.0 Å². The van der Waals surface area contributed by atoms with Gasteiger partial charge in [0.15, 0.2) is 5.75 Å². The number of amides is 1. The van der Waals surface area contributed by atoms with Crippen molar-refractivity contribution in [2.24, 2.45) is 0 Å². The lowest BCUT2D eigenvalue weighted by Gasteiger charge is -2.20. The molecule has 0 aliphatic rings. The fourth-order valence-corrected chi connectivity index (χ4v) is 4.86. The first-order valence-corrected chi connectivity index (χ1v) is 13.3. The molecule has 0 saturated heterocycles. The molecule has 0 unspecified atom stereocenters. The largest absolute Gasteiger partial charge is 0.494 e. The lowest BCUT2D eigenvalue weighted by Crippen LogP contribution is -2.45. The van der Waals surface area contributed by atoms with Crippen LogP contribution in [0.15, 0.2) is 114 Å². The van der Waals surface area contributed by atoms with Crippen LogP contribution >= 0.6 is 0 Å². The smallest absolute Gasteiger partial charge is 0.243 e. The fraction of sp³-hybridized carbons (Fsp3) is 0.138. The molecule has 0 aliphatic carbocycles. The molecule has 0 bridgehead atoms. The Morgan fingerprint density at radius 1 is 0.784 bits per heavy atom. The van der Waals surface area contributed by atoms with Crippen LogP contribution in [0.25, 0.3) is 0 Å². The Bertz CT molecular complexity index is 1410. The van der Waals surface area contributed by atoms with Gasteiger partial charge >= 0.3 is 0 Å². The van der Waals surface area contributed by atoms with Crippen LogP contribution in [-0.2, 0) is 21.2 Å². The highest BCUT2D eigenvalue weighted by molar-refractivity contribution is 7.89. The van der Waals surface area contributed by atoms with Crippen molar-refractivity contribution in [1.82, 2.24) is 4.72 Å². The minimum Gasteiger partial charge on any atom is -0.494 e. The second-order valence-electron chi connectivity index (χ2n) is 8.17. The molecule has 0 spiro atoms. The van der Waals surface area contributed by atoms with Crippen LogP contribution in [0, 0.1) is 0 Å². The summed E-state index contributed by atoms with van der Waals surface area (Å²) in [6, 6.07) is 30.4. The number of rotatable bonds is 11. The highest BCUT2D eigenvalue weighted by Crippen LogP contribution is 2.29. The lowest BCUT2D eigenvalue weighted by molar-refractivity contribution is -0.117. The summed E-state index contributed by atoms with van der Waals surface area (Å²) in [5.74, 6) is 1.11. The van der Waals surface area contributed by atoms with E-state index in [-0.39, 0.29) is 11.3 Å². The van der Waals surface area contributed by atoms with Gasteiger partial charge in [-0.15, -0.1) is 0 Å². The lowest BCUT2D eigenvalue weighted by atomic mass is 10.1. The Morgan fingerprint density at radius 3 is 2.08 bits per heavy atom. The second kappa shape index (κ2) is 12.2. The van der Waals surface area contributed by atoms with Gasteiger partial charge in [0.2, 0.25) is 15.9 Å². The molecule has 4 aromatic rings. The van der Waals surface area contributed by atoms with Crippen LogP contribution in [0.4, 0.5) is 5.69 Å². The Hall–Kier alpha value is -4.14. The van der Waals surface area contributed by atoms with E-state index in [1.54, 1.807) is 36.4 Å². The van der Waals surface area contributed by atoms with Gasteiger partial charge in [-0.1, -0.05) is 60.7 Å². The summed E-state index contributed by atoms with van der Waals surface area (Å²) < 4.78 is 40.3. The van der Waals surface area contributed by atoms with Crippen molar-refractivity contribution in [3.63, 3.8) is 0 Å². The first kappa shape index (κ1) is 25.9. The molecule has 0 radical (unpaired) electrons. The molecule has 190 valence electrons. The third-order valence-corrected chi connectivity index (χ3v) is 6.95. The minimum atomic E-state index is -4.00. The second-order valence-corrected chi connectivity index (χ2v) is 9.88. The molecule has 0 aromatic heterocycles. The van der Waals surface area contributed by atoms with E-state index in [2.05, 4.69) is 10.0 Å². The number of sulfonamides is 1. The Balaban J connectivity index is 1.57. The standard InChI is InChI=1S/C29H28N2O5S/c1-2-35-23-17-19-25(20-18-23)37(33,34)31-27(21-22-11-5-3-6-12-22)29(32)30-26-15-9-10-16-28(26)36-24-13-7-4-8-14-24/h3-20,27,31H,2,21H2,1H3,(H,30,32)/t27-/m0/s1. The summed E-state index contributed by atoms with van der Waals surface area (Å²) in [4.78, 5) is 13.5. The number of nitrogens with one attached hydrogen (secondary N) is 2. The highest BCUT2D eigenvalue weighted by Gasteiger charge is 2.27. The third-order valence-electron chi connectivity index (χ3n) is 5.46. The van der Waals surface area contributed by atoms with E-state index >= 15 is 0 Å². The zero-order valence-corrected chi connectivity index (χ0v) is 21.1. The Morgan fingerprint density at radius 2 is 1.41 bits per heavy atom. The van der Waals surface area contributed by atoms with Crippen LogP contribution in [0.1, 0.15) is 12.5 Å². The van der Waals surface area contributed by atoms with E-state index < -0.39 is 22.0 Å². The summed E-state index contributed by atoms with van der Waals surface area (Å²) >= 11 is 0. The Labute approximate surface area is 217 Å². The van der Waals surface area contributed by atoms with Crippen LogP contribution in [0.3, 0.4) is 0 Å². The molecule has 37 heavy (non-hydrogen) atoms. The summed E-state index contributed by atoms with van der Waals surface area (Å²) in [5.41, 5.74) is 1.24. The number of anilines is 1. The predicted octanol–water partition coefficient (Wildman–Crippen LogP) is 5.41. The number of hydrogen-bond donors (Lipinski definition) is 2. The van der Waals surface area contributed by atoms with Gasteiger partial charge in [-0.2, -0.15) is 4.72 Å². The molecule has 4 rings (SSSR count). The molecular formula is C29H28N2O5S. The van der Waals surface area contributed by atoms with Gasteiger partial charge in [-0.25, -0.2) is 8.42 Å². The third kappa shape index (κ3) is 7.19. The normalized spacial score (nSPS) is 11.9. The number of para-hydroxylation sites is 3. The Kier molecular flexibility index (Phi) is 8.56. The van der Waals surface area contributed by atoms with Crippen molar-refractivity contribution in [2.45, 2.75) is 24.3 Å². The minimum absolute atomic E-state index is 0.0367. The van der Waals surface area contributed by atoms with E-state index in [1.807, 2.05) is 67.6 Å². The van der Waals surface area contributed by atoms with Gasteiger partial charge in [0.05, 0.1) is 17.2 Å². The molecule has 7 nitrogen and oxygen atoms in total. The van der Waals surface area contributed by atoms with E-state index in [0.717, 1.165) is 5.56 Å². The van der Waals surface area contributed by atoms with Crippen LogP contribution in [0.5, 0.6) is 17.2 Å². The van der Waals surface area contributed by atoms with Gasteiger partial charge in [0.1, 0.15) is 17.5 Å². The number of carbonyl (C=O) groups is 1. The molecule has 0 saturated carbocycles. The monoisotopic (exact) mass is 516 g/mol. The molecule has 1 amide bonds. The molecule has 2 N–H and O–H groups in total. The van der Waals surface area contributed by atoms with Crippen LogP contribution < -0.4 is 19.5 Å². The van der Waals surface area contributed by atoms with Crippen molar-refractivity contribution in [1.29, 1.82) is 0 Å². The summed E-state index contributed by atoms with van der Waals surface area (Å²) in [6.07, 6.45) is 0.157. The average Bonchev–Trinajstić information content (AvgIpc) is 2.91. The van der Waals surface area contributed by atoms with Gasteiger partial charge in [0, 0.05) is 0 Å². The van der Waals surface area contributed by atoms with E-state index in [1.165, 1.54) is 12.1 Å². The summed E-state index contributed by atoms with van der Waals surface area (Å²) in [5, 5.41) is 2.84. The molecule has 0 aliphatic heterocycles. The summed E-state index contributed by atoms with van der Waals surface area (Å²) in [6.45, 7) is 2.32. The number of carbonyl (C=O) groups excluding carboxylic acids is 1. The van der Waals surface area contributed by atoms with Crippen molar-refractivity contribution >= 4 is 21.6 Å².